The summed E-state index contributed by atoms with van der Waals surface area (Å²) in [5, 5.41) is 0.799. The first-order chi connectivity index (χ1) is 7.66. The molecule has 0 saturated heterocycles. The summed E-state index contributed by atoms with van der Waals surface area (Å²) in [6.45, 7) is 2.08. The molecule has 0 aliphatic heterocycles. The second-order valence-corrected chi connectivity index (χ2v) is 6.71. The van der Waals surface area contributed by atoms with E-state index in [-0.39, 0.29) is 0 Å². The molecule has 1 nitrogen and oxygen atoms in total. The highest BCUT2D eigenvalue weighted by Crippen LogP contribution is 2.38. The average Bonchev–Trinajstić information content (AvgIpc) is 2.27. The lowest BCUT2D eigenvalue weighted by atomic mass is 10.0. The van der Waals surface area contributed by atoms with E-state index in [4.69, 9.17) is 5.73 Å². The predicted octanol–water partition coefficient (Wildman–Crippen LogP) is 4.76. The summed E-state index contributed by atoms with van der Waals surface area (Å²) in [7, 11) is 0. The van der Waals surface area contributed by atoms with E-state index < -0.39 is 0 Å². The molecule has 2 rings (SSSR count). The second-order valence-electron chi connectivity index (χ2n) is 4.52. The molecule has 0 unspecified atom stereocenters. The molecule has 1 fully saturated rings. The topological polar surface area (TPSA) is 26.0 Å². The number of nitrogen functional groups attached to an aromatic ring is 1. The van der Waals surface area contributed by atoms with Crippen LogP contribution in [0.4, 0.5) is 5.69 Å². The monoisotopic (exact) mass is 299 g/mol. The number of hydrogen-bond acceptors (Lipinski definition) is 2. The van der Waals surface area contributed by atoms with Crippen molar-refractivity contribution in [2.24, 2.45) is 0 Å². The number of benzene rings is 1. The van der Waals surface area contributed by atoms with E-state index in [9.17, 15) is 0 Å². The van der Waals surface area contributed by atoms with Crippen molar-refractivity contribution in [2.45, 2.75) is 49.2 Å². The Labute approximate surface area is 110 Å². The summed E-state index contributed by atoms with van der Waals surface area (Å²) in [4.78, 5) is 1.35. The van der Waals surface area contributed by atoms with Crippen LogP contribution in [0.1, 0.15) is 37.7 Å². The van der Waals surface area contributed by atoms with Crippen molar-refractivity contribution in [3.8, 4) is 0 Å². The van der Waals surface area contributed by atoms with Crippen molar-refractivity contribution < 1.29 is 0 Å². The van der Waals surface area contributed by atoms with E-state index in [0.29, 0.717) is 0 Å². The van der Waals surface area contributed by atoms with E-state index in [1.54, 1.807) is 0 Å². The maximum absolute atomic E-state index is 5.88. The molecule has 2 N–H and O–H groups in total. The van der Waals surface area contributed by atoms with E-state index in [1.807, 2.05) is 17.8 Å². The number of hydrogen-bond donors (Lipinski definition) is 1. The Kier molecular flexibility index (Phi) is 4.20. The molecular weight excluding hydrogens is 282 g/mol. The summed E-state index contributed by atoms with van der Waals surface area (Å²) in [6, 6.07) is 4.24. The van der Waals surface area contributed by atoms with Crippen LogP contribution in [-0.4, -0.2) is 5.25 Å². The molecule has 0 heterocycles. The molecule has 0 amide bonds. The van der Waals surface area contributed by atoms with Gasteiger partial charge >= 0.3 is 0 Å². The van der Waals surface area contributed by atoms with Gasteiger partial charge in [0.15, 0.2) is 0 Å². The van der Waals surface area contributed by atoms with Gasteiger partial charge in [0.1, 0.15) is 0 Å². The number of rotatable bonds is 2. The molecule has 1 saturated carbocycles. The number of nitrogens with two attached hydrogens (primary N) is 1. The molecule has 0 aromatic heterocycles. The van der Waals surface area contributed by atoms with Crippen molar-refractivity contribution in [1.29, 1.82) is 0 Å². The standard InChI is InChI=1S/C13H18BrNS/c1-9-7-13(11(14)8-12(9)15)16-10-5-3-2-4-6-10/h7-8,10H,2-6,15H2,1H3. The third kappa shape index (κ3) is 2.95. The molecule has 1 aliphatic carbocycles. The Morgan fingerprint density at radius 1 is 1.25 bits per heavy atom. The van der Waals surface area contributed by atoms with Crippen LogP contribution in [0.25, 0.3) is 0 Å². The first-order valence-electron chi connectivity index (χ1n) is 5.89. The predicted molar refractivity (Wildman–Crippen MR) is 76.0 cm³/mol. The van der Waals surface area contributed by atoms with Crippen LogP contribution < -0.4 is 5.73 Å². The zero-order chi connectivity index (χ0) is 11.5. The molecule has 0 radical (unpaired) electrons. The van der Waals surface area contributed by atoms with E-state index in [1.165, 1.54) is 42.6 Å². The fourth-order valence-electron chi connectivity index (χ4n) is 2.12. The van der Waals surface area contributed by atoms with Crippen LogP contribution in [0.5, 0.6) is 0 Å². The molecule has 0 spiro atoms. The number of aryl methyl sites for hydroxylation is 1. The van der Waals surface area contributed by atoms with Crippen molar-refractivity contribution in [3.05, 3.63) is 22.2 Å². The lowest BCUT2D eigenvalue weighted by Gasteiger charge is -2.21. The maximum atomic E-state index is 5.88. The number of anilines is 1. The summed E-state index contributed by atoms with van der Waals surface area (Å²) < 4.78 is 1.14. The molecule has 1 aliphatic rings. The van der Waals surface area contributed by atoms with Gasteiger partial charge in [-0.15, -0.1) is 11.8 Å². The second kappa shape index (κ2) is 5.46. The van der Waals surface area contributed by atoms with Crippen molar-refractivity contribution >= 4 is 33.4 Å². The molecule has 0 atom stereocenters. The van der Waals surface area contributed by atoms with Crippen LogP contribution in [0.2, 0.25) is 0 Å². The minimum absolute atomic E-state index is 0.799. The molecule has 16 heavy (non-hydrogen) atoms. The Hall–Kier alpha value is -0.150. The molecule has 3 heteroatoms. The number of thioether (sulfide) groups is 1. The van der Waals surface area contributed by atoms with Crippen LogP contribution in [0.3, 0.4) is 0 Å². The maximum Gasteiger partial charge on any atom is 0.0355 e. The largest absolute Gasteiger partial charge is 0.398 e. The Bertz CT molecular complexity index is 372. The Morgan fingerprint density at radius 3 is 2.62 bits per heavy atom. The summed E-state index contributed by atoms with van der Waals surface area (Å²) >= 11 is 5.62. The zero-order valence-corrected chi connectivity index (χ0v) is 12.0. The van der Waals surface area contributed by atoms with Gasteiger partial charge in [0.2, 0.25) is 0 Å². The first-order valence-corrected chi connectivity index (χ1v) is 7.56. The van der Waals surface area contributed by atoms with Crippen molar-refractivity contribution in [3.63, 3.8) is 0 Å². The molecule has 1 aromatic carbocycles. The molecular formula is C13H18BrNS. The van der Waals surface area contributed by atoms with Gasteiger partial charge in [-0.25, -0.2) is 0 Å². The normalized spacial score (nSPS) is 17.6. The van der Waals surface area contributed by atoms with Gasteiger partial charge in [-0.05, 0) is 53.4 Å². The highest BCUT2D eigenvalue weighted by molar-refractivity contribution is 9.10. The van der Waals surface area contributed by atoms with Gasteiger partial charge in [-0.1, -0.05) is 19.3 Å². The molecule has 88 valence electrons. The van der Waals surface area contributed by atoms with Gasteiger partial charge < -0.3 is 5.73 Å². The molecule has 1 aromatic rings. The quantitative estimate of drug-likeness (QED) is 0.797. The van der Waals surface area contributed by atoms with Crippen LogP contribution in [-0.2, 0) is 0 Å². The fourth-order valence-corrected chi connectivity index (χ4v) is 4.11. The smallest absolute Gasteiger partial charge is 0.0355 e. The van der Waals surface area contributed by atoms with E-state index in [2.05, 4.69) is 28.9 Å². The fraction of sp³-hybridized carbons (Fsp3) is 0.538. The van der Waals surface area contributed by atoms with Gasteiger partial charge in [0, 0.05) is 20.3 Å². The zero-order valence-electron chi connectivity index (χ0n) is 9.63. The van der Waals surface area contributed by atoms with Crippen molar-refractivity contribution in [2.75, 3.05) is 5.73 Å². The highest BCUT2D eigenvalue weighted by Gasteiger charge is 2.16. The highest BCUT2D eigenvalue weighted by atomic mass is 79.9. The van der Waals surface area contributed by atoms with Crippen LogP contribution in [0, 0.1) is 6.92 Å². The minimum Gasteiger partial charge on any atom is -0.398 e. The third-order valence-electron chi connectivity index (χ3n) is 3.17. The summed E-state index contributed by atoms with van der Waals surface area (Å²) in [5.41, 5.74) is 7.94. The lowest BCUT2D eigenvalue weighted by molar-refractivity contribution is 0.516. The average molecular weight is 300 g/mol. The van der Waals surface area contributed by atoms with E-state index in [0.717, 1.165) is 15.4 Å². The van der Waals surface area contributed by atoms with Crippen LogP contribution >= 0.6 is 27.7 Å². The SMILES string of the molecule is Cc1cc(SC2CCCCC2)c(Br)cc1N. The summed E-state index contributed by atoms with van der Waals surface area (Å²) in [5.74, 6) is 0. The third-order valence-corrected chi connectivity index (χ3v) is 5.48. The van der Waals surface area contributed by atoms with Gasteiger partial charge in [-0.3, -0.25) is 0 Å². The van der Waals surface area contributed by atoms with Gasteiger partial charge in [-0.2, -0.15) is 0 Å². The lowest BCUT2D eigenvalue weighted by Crippen LogP contribution is -2.07. The van der Waals surface area contributed by atoms with Crippen molar-refractivity contribution in [1.82, 2.24) is 0 Å². The van der Waals surface area contributed by atoms with Gasteiger partial charge in [0.25, 0.3) is 0 Å². The first kappa shape index (κ1) is 12.3. The Morgan fingerprint density at radius 2 is 1.94 bits per heavy atom. The van der Waals surface area contributed by atoms with E-state index >= 15 is 0 Å². The Balaban J connectivity index is 2.11. The number of halogens is 1. The minimum atomic E-state index is 0.799. The molecule has 0 bridgehead atoms. The summed E-state index contributed by atoms with van der Waals surface area (Å²) in [6.07, 6.45) is 6.92. The van der Waals surface area contributed by atoms with Crippen LogP contribution in [0.15, 0.2) is 21.5 Å². The van der Waals surface area contributed by atoms with Gasteiger partial charge in [0.05, 0.1) is 0 Å².